The number of carbonyl (C=O) groups is 1. The van der Waals surface area contributed by atoms with Gasteiger partial charge in [0.25, 0.3) is 5.91 Å². The maximum absolute atomic E-state index is 12.3. The molecule has 1 amide bonds. The first kappa shape index (κ1) is 17.0. The number of ether oxygens (including phenoxy) is 1. The maximum Gasteiger partial charge on any atom is 0.287 e. The van der Waals surface area contributed by atoms with Gasteiger partial charge in [-0.25, -0.2) is 0 Å². The smallest absolute Gasteiger partial charge is 0.287 e. The Hall–Kier alpha value is -1.79. The molecule has 0 spiro atoms. The second kappa shape index (κ2) is 6.99. The van der Waals surface area contributed by atoms with E-state index in [-0.39, 0.29) is 18.1 Å². The van der Waals surface area contributed by atoms with Crippen molar-refractivity contribution >= 4 is 17.5 Å². The van der Waals surface area contributed by atoms with Crippen molar-refractivity contribution in [3.63, 3.8) is 0 Å². The average Bonchev–Trinajstić information content (AvgIpc) is 3.27. The first-order chi connectivity index (χ1) is 11.5. The minimum atomic E-state index is -0.226. The van der Waals surface area contributed by atoms with Gasteiger partial charge in [0, 0.05) is 6.61 Å². The van der Waals surface area contributed by atoms with E-state index in [0.717, 1.165) is 30.8 Å². The van der Waals surface area contributed by atoms with Crippen LogP contribution in [0.5, 0.6) is 0 Å². The van der Waals surface area contributed by atoms with Crippen LogP contribution in [0.4, 0.5) is 0 Å². The molecule has 3 heterocycles. The van der Waals surface area contributed by atoms with Crippen LogP contribution in [0.3, 0.4) is 0 Å². The van der Waals surface area contributed by atoms with Crippen molar-refractivity contribution in [1.82, 2.24) is 15.1 Å². The van der Waals surface area contributed by atoms with Crippen molar-refractivity contribution in [3.05, 3.63) is 40.1 Å². The Bertz CT molecular complexity index is 732. The van der Waals surface area contributed by atoms with Crippen LogP contribution in [0.1, 0.15) is 47.5 Å². The number of nitrogens with zero attached hydrogens (tertiary/aromatic N) is 2. The normalized spacial score (nSPS) is 18.8. The van der Waals surface area contributed by atoms with Crippen molar-refractivity contribution < 1.29 is 13.9 Å². The highest BCUT2D eigenvalue weighted by Crippen LogP contribution is 2.21. The standard InChI is InChI=1S/C17H22ClN3O3/c1-10(14-5-4-8-23-14)19-17(22)15-7-6-13(24-15)9-21-12(3)16(18)11(2)20-21/h6-7,10,14H,4-5,8-9H2,1-3H3,(H,19,22). The van der Waals surface area contributed by atoms with Gasteiger partial charge in [0.1, 0.15) is 5.76 Å². The van der Waals surface area contributed by atoms with Gasteiger partial charge in [0.2, 0.25) is 0 Å². The summed E-state index contributed by atoms with van der Waals surface area (Å²) in [6, 6.07) is 3.43. The van der Waals surface area contributed by atoms with E-state index in [1.54, 1.807) is 16.8 Å². The van der Waals surface area contributed by atoms with Crippen LogP contribution in [0.25, 0.3) is 0 Å². The van der Waals surface area contributed by atoms with Gasteiger partial charge in [-0.05, 0) is 45.7 Å². The molecule has 0 radical (unpaired) electrons. The number of amides is 1. The molecule has 1 aliphatic rings. The van der Waals surface area contributed by atoms with Gasteiger partial charge in [0.15, 0.2) is 5.76 Å². The van der Waals surface area contributed by atoms with Crippen molar-refractivity contribution in [2.24, 2.45) is 0 Å². The molecule has 6 nitrogen and oxygen atoms in total. The molecule has 2 unspecified atom stereocenters. The molecule has 0 bridgehead atoms. The molecular formula is C17H22ClN3O3. The molecule has 0 saturated carbocycles. The average molecular weight is 352 g/mol. The zero-order chi connectivity index (χ0) is 17.3. The molecule has 1 saturated heterocycles. The van der Waals surface area contributed by atoms with Crippen molar-refractivity contribution in [2.75, 3.05) is 6.61 Å². The number of rotatable bonds is 5. The Morgan fingerprint density at radius 2 is 2.29 bits per heavy atom. The number of hydrogen-bond acceptors (Lipinski definition) is 4. The fraction of sp³-hybridized carbons (Fsp3) is 0.529. The van der Waals surface area contributed by atoms with Crippen LogP contribution >= 0.6 is 11.6 Å². The highest BCUT2D eigenvalue weighted by Gasteiger charge is 2.25. The minimum Gasteiger partial charge on any atom is -0.454 e. The lowest BCUT2D eigenvalue weighted by Crippen LogP contribution is -2.40. The van der Waals surface area contributed by atoms with Crippen LogP contribution in [0, 0.1) is 13.8 Å². The summed E-state index contributed by atoms with van der Waals surface area (Å²) >= 11 is 6.15. The zero-order valence-corrected chi connectivity index (χ0v) is 14.9. The molecule has 7 heteroatoms. The highest BCUT2D eigenvalue weighted by molar-refractivity contribution is 6.31. The molecule has 0 aromatic carbocycles. The molecule has 1 N–H and O–H groups in total. The fourth-order valence-corrected chi connectivity index (χ4v) is 3.06. The number of aryl methyl sites for hydroxylation is 1. The fourth-order valence-electron chi connectivity index (χ4n) is 2.93. The van der Waals surface area contributed by atoms with Crippen LogP contribution in [0.2, 0.25) is 5.02 Å². The Labute approximate surface area is 146 Å². The Kier molecular flexibility index (Phi) is 4.96. The molecular weight excluding hydrogens is 330 g/mol. The van der Waals surface area contributed by atoms with E-state index in [1.165, 1.54) is 0 Å². The van der Waals surface area contributed by atoms with E-state index in [2.05, 4.69) is 10.4 Å². The summed E-state index contributed by atoms with van der Waals surface area (Å²) in [6.45, 7) is 6.92. The van der Waals surface area contributed by atoms with E-state index in [0.29, 0.717) is 23.1 Å². The van der Waals surface area contributed by atoms with E-state index in [1.807, 2.05) is 20.8 Å². The van der Waals surface area contributed by atoms with E-state index < -0.39 is 0 Å². The summed E-state index contributed by atoms with van der Waals surface area (Å²) in [6.07, 6.45) is 2.10. The summed E-state index contributed by atoms with van der Waals surface area (Å²) in [5.41, 5.74) is 1.66. The van der Waals surface area contributed by atoms with Crippen LogP contribution < -0.4 is 5.32 Å². The number of aromatic nitrogens is 2. The molecule has 1 fully saturated rings. The van der Waals surface area contributed by atoms with Crippen molar-refractivity contribution in [2.45, 2.75) is 52.3 Å². The summed E-state index contributed by atoms with van der Waals surface area (Å²) in [7, 11) is 0. The molecule has 3 rings (SSSR count). The minimum absolute atomic E-state index is 0.0385. The Balaban J connectivity index is 1.64. The van der Waals surface area contributed by atoms with Gasteiger partial charge in [-0.1, -0.05) is 11.6 Å². The quantitative estimate of drug-likeness (QED) is 0.898. The van der Waals surface area contributed by atoms with Crippen molar-refractivity contribution in [3.8, 4) is 0 Å². The second-order valence-electron chi connectivity index (χ2n) is 6.22. The number of hydrogen-bond donors (Lipinski definition) is 1. The van der Waals surface area contributed by atoms with Gasteiger partial charge < -0.3 is 14.5 Å². The number of nitrogens with one attached hydrogen (secondary N) is 1. The van der Waals surface area contributed by atoms with E-state index in [4.69, 9.17) is 20.8 Å². The first-order valence-corrected chi connectivity index (χ1v) is 8.54. The number of furan rings is 1. The third kappa shape index (κ3) is 3.49. The van der Waals surface area contributed by atoms with E-state index >= 15 is 0 Å². The van der Waals surface area contributed by atoms with Gasteiger partial charge in [-0.15, -0.1) is 0 Å². The van der Waals surface area contributed by atoms with Gasteiger partial charge in [-0.3, -0.25) is 9.48 Å². The SMILES string of the molecule is Cc1nn(Cc2ccc(C(=O)NC(C)C3CCCO3)o2)c(C)c1Cl. The lowest BCUT2D eigenvalue weighted by molar-refractivity contribution is 0.0695. The largest absolute Gasteiger partial charge is 0.454 e. The molecule has 0 aliphatic carbocycles. The topological polar surface area (TPSA) is 69.3 Å². The number of halogens is 1. The third-order valence-electron chi connectivity index (χ3n) is 4.37. The Morgan fingerprint density at radius 1 is 1.50 bits per heavy atom. The van der Waals surface area contributed by atoms with Crippen LogP contribution in [-0.2, 0) is 11.3 Å². The maximum atomic E-state index is 12.3. The predicted molar refractivity (Wildman–Crippen MR) is 90.4 cm³/mol. The molecule has 24 heavy (non-hydrogen) atoms. The summed E-state index contributed by atoms with van der Waals surface area (Å²) in [5, 5.41) is 7.96. The third-order valence-corrected chi connectivity index (χ3v) is 4.91. The molecule has 2 aromatic rings. The van der Waals surface area contributed by atoms with Gasteiger partial charge >= 0.3 is 0 Å². The predicted octanol–water partition coefficient (Wildman–Crippen LogP) is 3.09. The molecule has 2 atom stereocenters. The first-order valence-electron chi connectivity index (χ1n) is 8.16. The summed E-state index contributed by atoms with van der Waals surface area (Å²) in [4.78, 5) is 12.3. The Morgan fingerprint density at radius 3 is 2.92 bits per heavy atom. The monoisotopic (exact) mass is 351 g/mol. The molecule has 2 aromatic heterocycles. The highest BCUT2D eigenvalue weighted by atomic mass is 35.5. The number of carbonyl (C=O) groups excluding carboxylic acids is 1. The molecule has 130 valence electrons. The van der Waals surface area contributed by atoms with Crippen LogP contribution in [-0.4, -0.2) is 34.4 Å². The lowest BCUT2D eigenvalue weighted by atomic mass is 10.1. The second-order valence-corrected chi connectivity index (χ2v) is 6.60. The van der Waals surface area contributed by atoms with Gasteiger partial charge in [0.05, 0.1) is 35.1 Å². The van der Waals surface area contributed by atoms with Gasteiger partial charge in [-0.2, -0.15) is 5.10 Å². The summed E-state index contributed by atoms with van der Waals surface area (Å²) < 4.78 is 13.0. The summed E-state index contributed by atoms with van der Waals surface area (Å²) in [5.74, 6) is 0.727. The van der Waals surface area contributed by atoms with E-state index in [9.17, 15) is 4.79 Å². The lowest BCUT2D eigenvalue weighted by Gasteiger charge is -2.19. The zero-order valence-electron chi connectivity index (χ0n) is 14.1. The molecule has 1 aliphatic heterocycles. The van der Waals surface area contributed by atoms with Crippen LogP contribution in [0.15, 0.2) is 16.5 Å². The van der Waals surface area contributed by atoms with Crippen molar-refractivity contribution in [1.29, 1.82) is 0 Å².